The minimum atomic E-state index is -0.806. The lowest BCUT2D eigenvalue weighted by Gasteiger charge is -2.36. The Morgan fingerprint density at radius 2 is 1.64 bits per heavy atom. The van der Waals surface area contributed by atoms with Crippen LogP contribution in [0.15, 0.2) is 18.2 Å². The number of hydrogen-bond donors (Lipinski definition) is 2. The predicted molar refractivity (Wildman–Crippen MR) is 130 cm³/mol. The molecule has 1 aliphatic rings. The second kappa shape index (κ2) is 10.6. The van der Waals surface area contributed by atoms with E-state index in [-0.39, 0.29) is 29.8 Å². The van der Waals surface area contributed by atoms with Gasteiger partial charge in [0.2, 0.25) is 11.8 Å². The first-order chi connectivity index (χ1) is 15.2. The van der Waals surface area contributed by atoms with Gasteiger partial charge in [-0.2, -0.15) is 0 Å². The van der Waals surface area contributed by atoms with Crippen molar-refractivity contribution in [1.82, 2.24) is 15.5 Å². The lowest BCUT2D eigenvalue weighted by molar-refractivity contribution is -0.144. The van der Waals surface area contributed by atoms with Crippen molar-refractivity contribution >= 4 is 17.9 Å². The molecule has 1 aromatic carbocycles. The van der Waals surface area contributed by atoms with Crippen LogP contribution in [0.1, 0.15) is 84.0 Å². The van der Waals surface area contributed by atoms with Crippen LogP contribution in [0.25, 0.3) is 0 Å². The number of amides is 3. The van der Waals surface area contributed by atoms with E-state index in [2.05, 4.69) is 10.6 Å². The lowest BCUT2D eigenvalue weighted by atomic mass is 9.94. The molecule has 7 nitrogen and oxygen atoms in total. The zero-order valence-electron chi connectivity index (χ0n) is 21.6. The van der Waals surface area contributed by atoms with Gasteiger partial charge in [-0.15, -0.1) is 0 Å². The van der Waals surface area contributed by atoms with Crippen LogP contribution in [-0.2, 0) is 14.3 Å². The minimum absolute atomic E-state index is 0.0398. The SMILES string of the molecule is Cc1ccc(C)c(C(C(=O)NC(C)C)N(C(=O)C(NC(=O)OC(C)(C)C)C(C)C)C2CC2)c1. The highest BCUT2D eigenvalue weighted by atomic mass is 16.6. The number of rotatable bonds is 8. The summed E-state index contributed by atoms with van der Waals surface area (Å²) < 4.78 is 5.40. The molecule has 0 aromatic heterocycles. The number of carbonyl (C=O) groups is 3. The summed E-state index contributed by atoms with van der Waals surface area (Å²) in [5.41, 5.74) is 2.11. The van der Waals surface area contributed by atoms with E-state index >= 15 is 0 Å². The topological polar surface area (TPSA) is 87.7 Å². The molecular formula is C26H41N3O4. The Morgan fingerprint density at radius 3 is 2.12 bits per heavy atom. The van der Waals surface area contributed by atoms with Crippen LogP contribution in [0.2, 0.25) is 0 Å². The number of nitrogens with zero attached hydrogens (tertiary/aromatic N) is 1. The summed E-state index contributed by atoms with van der Waals surface area (Å²) in [5, 5.41) is 5.77. The van der Waals surface area contributed by atoms with Gasteiger partial charge in [-0.25, -0.2) is 4.79 Å². The average Bonchev–Trinajstić information content (AvgIpc) is 3.48. The molecule has 2 rings (SSSR count). The van der Waals surface area contributed by atoms with Gasteiger partial charge in [0.05, 0.1) is 0 Å². The van der Waals surface area contributed by atoms with E-state index in [0.717, 1.165) is 29.5 Å². The van der Waals surface area contributed by atoms with Crippen LogP contribution in [0.4, 0.5) is 4.79 Å². The van der Waals surface area contributed by atoms with Crippen molar-refractivity contribution in [2.75, 3.05) is 0 Å². The number of aryl methyl sites for hydroxylation is 2. The van der Waals surface area contributed by atoms with Gasteiger partial charge in [0.1, 0.15) is 17.7 Å². The molecular weight excluding hydrogens is 418 g/mol. The molecule has 1 fully saturated rings. The first-order valence-electron chi connectivity index (χ1n) is 11.9. The highest BCUT2D eigenvalue weighted by Gasteiger charge is 2.45. The molecule has 3 amide bonds. The van der Waals surface area contributed by atoms with E-state index in [9.17, 15) is 14.4 Å². The van der Waals surface area contributed by atoms with Gasteiger partial charge in [-0.1, -0.05) is 37.6 Å². The summed E-state index contributed by atoms with van der Waals surface area (Å²) in [7, 11) is 0. The monoisotopic (exact) mass is 459 g/mol. The Balaban J connectivity index is 2.48. The van der Waals surface area contributed by atoms with Gasteiger partial charge in [0, 0.05) is 12.1 Å². The third-order valence-corrected chi connectivity index (χ3v) is 5.49. The molecule has 0 heterocycles. The smallest absolute Gasteiger partial charge is 0.408 e. The van der Waals surface area contributed by atoms with Crippen LogP contribution in [-0.4, -0.2) is 46.5 Å². The molecule has 184 valence electrons. The summed E-state index contributed by atoms with van der Waals surface area (Å²) in [5.74, 6) is -0.652. The number of ether oxygens (including phenoxy) is 1. The van der Waals surface area contributed by atoms with Crippen molar-refractivity contribution in [2.45, 2.75) is 105 Å². The fraction of sp³-hybridized carbons (Fsp3) is 0.654. The second-order valence-corrected chi connectivity index (χ2v) is 10.8. The Labute approximate surface area is 198 Å². The lowest BCUT2D eigenvalue weighted by Crippen LogP contribution is -2.56. The first kappa shape index (κ1) is 26.7. The maximum Gasteiger partial charge on any atom is 0.408 e. The maximum atomic E-state index is 13.9. The van der Waals surface area contributed by atoms with Gasteiger partial charge in [-0.05, 0) is 78.4 Å². The molecule has 0 radical (unpaired) electrons. The summed E-state index contributed by atoms with van der Waals surface area (Å²) >= 11 is 0. The molecule has 1 saturated carbocycles. The highest BCUT2D eigenvalue weighted by molar-refractivity contribution is 5.93. The Bertz CT molecular complexity index is 869. The molecule has 7 heteroatoms. The van der Waals surface area contributed by atoms with E-state index in [0.29, 0.717) is 0 Å². The van der Waals surface area contributed by atoms with E-state index in [1.54, 1.807) is 25.7 Å². The van der Waals surface area contributed by atoms with Crippen molar-refractivity contribution in [3.8, 4) is 0 Å². The average molecular weight is 460 g/mol. The van der Waals surface area contributed by atoms with E-state index in [1.165, 1.54) is 0 Å². The molecule has 1 aromatic rings. The second-order valence-electron chi connectivity index (χ2n) is 10.8. The quantitative estimate of drug-likeness (QED) is 0.603. The number of alkyl carbamates (subject to hydrolysis) is 1. The number of benzene rings is 1. The van der Waals surface area contributed by atoms with E-state index < -0.39 is 23.8 Å². The fourth-order valence-corrected chi connectivity index (χ4v) is 3.81. The van der Waals surface area contributed by atoms with Crippen LogP contribution < -0.4 is 10.6 Å². The normalized spacial score (nSPS) is 15.7. The molecule has 0 bridgehead atoms. The van der Waals surface area contributed by atoms with Gasteiger partial charge in [0.15, 0.2) is 0 Å². The minimum Gasteiger partial charge on any atom is -0.444 e. The summed E-state index contributed by atoms with van der Waals surface area (Å²) in [6.45, 7) is 16.8. The van der Waals surface area contributed by atoms with Crippen molar-refractivity contribution in [3.05, 3.63) is 34.9 Å². The van der Waals surface area contributed by atoms with Gasteiger partial charge < -0.3 is 20.3 Å². The molecule has 2 unspecified atom stereocenters. The fourth-order valence-electron chi connectivity index (χ4n) is 3.81. The zero-order valence-corrected chi connectivity index (χ0v) is 21.6. The molecule has 1 aliphatic carbocycles. The Morgan fingerprint density at radius 1 is 1.03 bits per heavy atom. The van der Waals surface area contributed by atoms with E-state index in [1.807, 2.05) is 59.7 Å². The van der Waals surface area contributed by atoms with Crippen molar-refractivity contribution in [2.24, 2.45) is 5.92 Å². The largest absolute Gasteiger partial charge is 0.444 e. The third-order valence-electron chi connectivity index (χ3n) is 5.49. The van der Waals surface area contributed by atoms with Crippen LogP contribution in [0.5, 0.6) is 0 Å². The number of carbonyl (C=O) groups excluding carboxylic acids is 3. The van der Waals surface area contributed by atoms with Crippen LogP contribution >= 0.6 is 0 Å². The highest BCUT2D eigenvalue weighted by Crippen LogP contribution is 2.37. The molecule has 2 atom stereocenters. The molecule has 33 heavy (non-hydrogen) atoms. The number of hydrogen-bond acceptors (Lipinski definition) is 4. The van der Waals surface area contributed by atoms with Crippen LogP contribution in [0, 0.1) is 19.8 Å². The zero-order chi connectivity index (χ0) is 25.1. The summed E-state index contributed by atoms with van der Waals surface area (Å²) in [4.78, 5) is 41.6. The van der Waals surface area contributed by atoms with Gasteiger partial charge in [0.25, 0.3) is 0 Å². The summed E-state index contributed by atoms with van der Waals surface area (Å²) in [6.07, 6.45) is 1.03. The van der Waals surface area contributed by atoms with Gasteiger partial charge in [-0.3, -0.25) is 9.59 Å². The van der Waals surface area contributed by atoms with Crippen molar-refractivity contribution in [1.29, 1.82) is 0 Å². The molecule has 0 aliphatic heterocycles. The van der Waals surface area contributed by atoms with Crippen molar-refractivity contribution < 1.29 is 19.1 Å². The number of nitrogens with one attached hydrogen (secondary N) is 2. The molecule has 0 saturated heterocycles. The van der Waals surface area contributed by atoms with Crippen LogP contribution in [0.3, 0.4) is 0 Å². The van der Waals surface area contributed by atoms with E-state index in [4.69, 9.17) is 4.74 Å². The third kappa shape index (κ3) is 7.47. The summed E-state index contributed by atoms with van der Waals surface area (Å²) in [6, 6.07) is 4.28. The first-order valence-corrected chi connectivity index (χ1v) is 11.9. The predicted octanol–water partition coefficient (Wildman–Crippen LogP) is 4.41. The van der Waals surface area contributed by atoms with Gasteiger partial charge >= 0.3 is 6.09 Å². The maximum absolute atomic E-state index is 13.9. The molecule has 2 N–H and O–H groups in total. The standard InChI is InChI=1S/C26H41N3O4/c1-15(2)21(28-25(32)33-26(7,8)9)24(31)29(19-12-13-19)22(23(30)27-16(3)4)20-14-17(5)10-11-18(20)6/h10-11,14-16,19,21-22H,12-13H2,1-9H3,(H,27,30)(H,28,32). The van der Waals surface area contributed by atoms with Crippen molar-refractivity contribution in [3.63, 3.8) is 0 Å². The Kier molecular flexibility index (Phi) is 8.55. The molecule has 0 spiro atoms. The Hall–Kier alpha value is -2.57.